The van der Waals surface area contributed by atoms with Crippen LogP contribution in [0.2, 0.25) is 0 Å². The number of guanidine groups is 1. The third-order valence-corrected chi connectivity index (χ3v) is 5.49. The summed E-state index contributed by atoms with van der Waals surface area (Å²) in [5.41, 5.74) is 0.964. The fourth-order valence-electron chi connectivity index (χ4n) is 3.68. The maximum atomic E-state index is 13.9. The van der Waals surface area contributed by atoms with Crippen LogP contribution in [-0.4, -0.2) is 60.3 Å². The van der Waals surface area contributed by atoms with Crippen LogP contribution in [0.3, 0.4) is 0 Å². The predicted octanol–water partition coefficient (Wildman–Crippen LogP) is 3.72. The normalized spacial score (nSPS) is 15.4. The molecule has 1 saturated heterocycles. The average molecular weight is 574 g/mol. The zero-order valence-corrected chi connectivity index (χ0v) is 22.3. The molecule has 184 valence electrons. The van der Waals surface area contributed by atoms with Gasteiger partial charge in [0.1, 0.15) is 0 Å². The number of aromatic nitrogens is 2. The first-order valence-corrected chi connectivity index (χ1v) is 11.4. The summed E-state index contributed by atoms with van der Waals surface area (Å²) in [6, 6.07) is 5.53. The summed E-state index contributed by atoms with van der Waals surface area (Å²) in [5.74, 6) is 2.39. The van der Waals surface area contributed by atoms with Gasteiger partial charge in [0.05, 0.1) is 13.7 Å². The lowest BCUT2D eigenvalue weighted by Gasteiger charge is -2.33. The molecule has 33 heavy (non-hydrogen) atoms. The highest BCUT2D eigenvalue weighted by molar-refractivity contribution is 14.0. The summed E-state index contributed by atoms with van der Waals surface area (Å²) in [6.07, 6.45) is 2.63. The number of hydrogen-bond acceptors (Lipinski definition) is 6. The van der Waals surface area contributed by atoms with Crippen molar-refractivity contribution < 1.29 is 13.7 Å². The number of likely N-dealkylation sites (tertiary alicyclic amines) is 1. The predicted molar refractivity (Wildman–Crippen MR) is 138 cm³/mol. The Labute approximate surface area is 212 Å². The molecule has 1 aliphatic rings. The van der Waals surface area contributed by atoms with Gasteiger partial charge in [0.15, 0.2) is 23.4 Å². The van der Waals surface area contributed by atoms with Gasteiger partial charge in [-0.3, -0.25) is 9.89 Å². The van der Waals surface area contributed by atoms with Crippen molar-refractivity contribution in [2.75, 3.05) is 33.3 Å². The summed E-state index contributed by atoms with van der Waals surface area (Å²) in [6.45, 7) is 10.2. The van der Waals surface area contributed by atoms with Gasteiger partial charge in [-0.25, -0.2) is 4.39 Å². The maximum Gasteiger partial charge on any atom is 0.228 e. The van der Waals surface area contributed by atoms with Gasteiger partial charge < -0.3 is 19.9 Å². The number of hydrogen-bond donors (Lipinski definition) is 2. The van der Waals surface area contributed by atoms with Crippen molar-refractivity contribution in [2.24, 2.45) is 4.99 Å². The number of piperidine rings is 1. The van der Waals surface area contributed by atoms with Gasteiger partial charge in [-0.15, -0.1) is 24.0 Å². The van der Waals surface area contributed by atoms with Crippen molar-refractivity contribution >= 4 is 29.9 Å². The SMILES string of the molecule is CCNC(=NCCc1nc(C(C)C)no1)NC1CCN(Cc2ccc(OC)c(F)c2)CC1.I. The quantitative estimate of drug-likeness (QED) is 0.268. The number of nitrogens with zero attached hydrogens (tertiary/aromatic N) is 4. The minimum atomic E-state index is -0.311. The molecule has 0 spiro atoms. The first-order chi connectivity index (χ1) is 15.5. The van der Waals surface area contributed by atoms with E-state index in [0.29, 0.717) is 24.9 Å². The van der Waals surface area contributed by atoms with E-state index in [2.05, 4.69) is 37.6 Å². The molecule has 1 fully saturated rings. The molecule has 10 heteroatoms. The van der Waals surface area contributed by atoms with Crippen molar-refractivity contribution in [1.82, 2.24) is 25.7 Å². The Balaban J connectivity index is 0.00000385. The Hall–Kier alpha value is -1.95. The van der Waals surface area contributed by atoms with E-state index < -0.39 is 0 Å². The second-order valence-electron chi connectivity index (χ2n) is 8.38. The van der Waals surface area contributed by atoms with E-state index in [-0.39, 0.29) is 41.5 Å². The zero-order valence-electron chi connectivity index (χ0n) is 19.9. The third kappa shape index (κ3) is 8.40. The van der Waals surface area contributed by atoms with Crippen LogP contribution in [0.1, 0.15) is 56.8 Å². The largest absolute Gasteiger partial charge is 0.494 e. The average Bonchev–Trinajstić information content (AvgIpc) is 3.25. The lowest BCUT2D eigenvalue weighted by Crippen LogP contribution is -2.48. The number of halogens is 2. The van der Waals surface area contributed by atoms with E-state index in [1.54, 1.807) is 12.1 Å². The van der Waals surface area contributed by atoms with Gasteiger partial charge >= 0.3 is 0 Å². The molecule has 0 amide bonds. The van der Waals surface area contributed by atoms with Crippen molar-refractivity contribution in [2.45, 2.75) is 58.5 Å². The second-order valence-corrected chi connectivity index (χ2v) is 8.38. The molecule has 0 atom stereocenters. The maximum absolute atomic E-state index is 13.9. The molecule has 0 bridgehead atoms. The Morgan fingerprint density at radius 3 is 2.70 bits per heavy atom. The molecular formula is C23H36FIN6O2. The van der Waals surface area contributed by atoms with Gasteiger partial charge in [-0.2, -0.15) is 4.98 Å². The van der Waals surface area contributed by atoms with E-state index in [4.69, 9.17) is 9.26 Å². The van der Waals surface area contributed by atoms with E-state index in [9.17, 15) is 4.39 Å². The van der Waals surface area contributed by atoms with Gasteiger partial charge in [-0.05, 0) is 37.5 Å². The lowest BCUT2D eigenvalue weighted by atomic mass is 10.0. The summed E-state index contributed by atoms with van der Waals surface area (Å²) >= 11 is 0. The molecule has 0 saturated carbocycles. The number of methoxy groups -OCH3 is 1. The Morgan fingerprint density at radius 2 is 2.09 bits per heavy atom. The van der Waals surface area contributed by atoms with E-state index >= 15 is 0 Å². The van der Waals surface area contributed by atoms with Crippen molar-refractivity contribution in [3.05, 3.63) is 41.3 Å². The molecule has 1 aliphatic heterocycles. The second kappa shape index (κ2) is 13.7. The highest BCUT2D eigenvalue weighted by Gasteiger charge is 2.20. The molecule has 2 aromatic rings. The standard InChI is InChI=1S/C23H35FN6O2.HI/c1-5-25-23(26-11-8-21-28-22(16(2)3)29-32-21)27-18-9-12-30(13-10-18)15-17-6-7-20(31-4)19(24)14-17;/h6-7,14,16,18H,5,8-13,15H2,1-4H3,(H2,25,26,27);1H. The third-order valence-electron chi connectivity index (χ3n) is 5.49. The molecule has 8 nitrogen and oxygen atoms in total. The summed E-state index contributed by atoms with van der Waals surface area (Å²) in [7, 11) is 1.48. The fraction of sp³-hybridized carbons (Fsp3) is 0.609. The van der Waals surface area contributed by atoms with Crippen LogP contribution in [0.25, 0.3) is 0 Å². The van der Waals surface area contributed by atoms with Crippen molar-refractivity contribution in [3.63, 3.8) is 0 Å². The molecule has 1 aromatic heterocycles. The van der Waals surface area contributed by atoms with Crippen LogP contribution < -0.4 is 15.4 Å². The smallest absolute Gasteiger partial charge is 0.228 e. The van der Waals surface area contributed by atoms with Crippen LogP contribution in [0, 0.1) is 5.82 Å². The van der Waals surface area contributed by atoms with Gasteiger partial charge in [0, 0.05) is 44.6 Å². The molecule has 0 aliphatic carbocycles. The molecule has 0 radical (unpaired) electrons. The molecule has 2 N–H and O–H groups in total. The first kappa shape index (κ1) is 27.3. The van der Waals surface area contributed by atoms with Crippen LogP contribution in [0.5, 0.6) is 5.75 Å². The van der Waals surface area contributed by atoms with E-state index in [0.717, 1.165) is 56.4 Å². The van der Waals surface area contributed by atoms with Gasteiger partial charge in [0.25, 0.3) is 0 Å². The highest BCUT2D eigenvalue weighted by atomic mass is 127. The number of rotatable bonds is 9. The molecule has 3 rings (SSSR count). The molecule has 1 aromatic carbocycles. The fourth-order valence-corrected chi connectivity index (χ4v) is 3.68. The molecule has 2 heterocycles. The monoisotopic (exact) mass is 574 g/mol. The number of aliphatic imine (C=N–C) groups is 1. The van der Waals surface area contributed by atoms with Crippen molar-refractivity contribution in [3.8, 4) is 5.75 Å². The van der Waals surface area contributed by atoms with Crippen LogP contribution in [0.4, 0.5) is 4.39 Å². The number of benzene rings is 1. The summed E-state index contributed by atoms with van der Waals surface area (Å²) in [4.78, 5) is 11.4. The topological polar surface area (TPSA) is 87.8 Å². The van der Waals surface area contributed by atoms with Gasteiger partial charge in [0.2, 0.25) is 5.89 Å². The zero-order chi connectivity index (χ0) is 22.9. The first-order valence-electron chi connectivity index (χ1n) is 11.4. The minimum absolute atomic E-state index is 0. The van der Waals surface area contributed by atoms with Crippen molar-refractivity contribution in [1.29, 1.82) is 0 Å². The lowest BCUT2D eigenvalue weighted by molar-refractivity contribution is 0.198. The Morgan fingerprint density at radius 1 is 1.33 bits per heavy atom. The Bertz CT molecular complexity index is 884. The minimum Gasteiger partial charge on any atom is -0.494 e. The van der Waals surface area contributed by atoms with Gasteiger partial charge in [-0.1, -0.05) is 25.1 Å². The molecular weight excluding hydrogens is 538 g/mol. The van der Waals surface area contributed by atoms with E-state index in [1.165, 1.54) is 7.11 Å². The summed E-state index contributed by atoms with van der Waals surface area (Å²) < 4.78 is 24.2. The summed E-state index contributed by atoms with van der Waals surface area (Å²) in [5, 5.41) is 10.9. The van der Waals surface area contributed by atoms with Crippen LogP contribution >= 0.6 is 24.0 Å². The number of nitrogens with one attached hydrogen (secondary N) is 2. The Kier molecular flexibility index (Phi) is 11.3. The van der Waals surface area contributed by atoms with Crippen LogP contribution in [0.15, 0.2) is 27.7 Å². The molecule has 0 unspecified atom stereocenters. The van der Waals surface area contributed by atoms with E-state index in [1.807, 2.05) is 19.9 Å². The number of ether oxygens (including phenoxy) is 1. The van der Waals surface area contributed by atoms with Crippen LogP contribution in [-0.2, 0) is 13.0 Å². The highest BCUT2D eigenvalue weighted by Crippen LogP contribution is 2.20.